The van der Waals surface area contributed by atoms with E-state index in [0.717, 1.165) is 0 Å². The fraction of sp³-hybridized carbons (Fsp3) is 0.667. The molecule has 8 nitrogen and oxygen atoms in total. The Morgan fingerprint density at radius 1 is 1.33 bits per heavy atom. The van der Waals surface area contributed by atoms with Gasteiger partial charge in [-0.2, -0.15) is 0 Å². The van der Waals surface area contributed by atoms with Crippen LogP contribution in [0.4, 0.5) is 0 Å². The molecule has 1 heterocycles. The standard InChI is InChI=1S/C9H13N2O6P/c12-8(13)6(9(14)15)5-7-10-1-2-11(7)3-4-18(16)17/h6H,1-5H2,(H,12,13)(H,14,15). The number of aliphatic carboxylic acids is 2. The minimum Gasteiger partial charge on any atom is -0.481 e. The number of hydrogen-bond donors (Lipinski definition) is 2. The first-order valence-electron chi connectivity index (χ1n) is 5.27. The monoisotopic (exact) mass is 276 g/mol. The molecule has 0 aromatic carbocycles. The van der Waals surface area contributed by atoms with Crippen LogP contribution in [-0.2, 0) is 18.7 Å². The third kappa shape index (κ3) is 3.96. The molecule has 0 aromatic rings. The maximum Gasteiger partial charge on any atom is 0.318 e. The molecule has 2 N–H and O–H groups in total. The summed E-state index contributed by atoms with van der Waals surface area (Å²) in [6, 6.07) is 0. The number of carboxylic acids is 2. The van der Waals surface area contributed by atoms with Crippen LogP contribution in [0.5, 0.6) is 0 Å². The van der Waals surface area contributed by atoms with Crippen molar-refractivity contribution in [1.29, 1.82) is 0 Å². The van der Waals surface area contributed by atoms with E-state index in [-0.39, 0.29) is 19.1 Å². The summed E-state index contributed by atoms with van der Waals surface area (Å²) in [6.07, 6.45) is -0.278. The van der Waals surface area contributed by atoms with Gasteiger partial charge in [-0.3, -0.25) is 14.6 Å². The molecular formula is C9H13N2O6P. The van der Waals surface area contributed by atoms with Crippen LogP contribution in [0.2, 0.25) is 0 Å². The van der Waals surface area contributed by atoms with E-state index in [1.54, 1.807) is 4.90 Å². The van der Waals surface area contributed by atoms with Crippen LogP contribution < -0.4 is 0 Å². The molecule has 100 valence electrons. The summed E-state index contributed by atoms with van der Waals surface area (Å²) in [7, 11) is -2.51. The first kappa shape index (κ1) is 14.4. The molecule has 0 spiro atoms. The number of amidine groups is 1. The Hall–Kier alpha value is -1.69. The van der Waals surface area contributed by atoms with Gasteiger partial charge in [-0.05, 0) is 0 Å². The summed E-state index contributed by atoms with van der Waals surface area (Å²) in [5.41, 5.74) is 0. The highest BCUT2D eigenvalue weighted by molar-refractivity contribution is 7.30. The van der Waals surface area contributed by atoms with Gasteiger partial charge < -0.3 is 15.1 Å². The van der Waals surface area contributed by atoms with Gasteiger partial charge in [0.05, 0.1) is 12.7 Å². The van der Waals surface area contributed by atoms with Crippen molar-refractivity contribution in [2.24, 2.45) is 10.9 Å². The summed E-state index contributed by atoms with van der Waals surface area (Å²) in [4.78, 5) is 27.1. The topological polar surface area (TPSA) is 124 Å². The summed E-state index contributed by atoms with van der Waals surface area (Å²) >= 11 is 0. The van der Waals surface area contributed by atoms with Gasteiger partial charge in [0.2, 0.25) is 0 Å². The lowest BCUT2D eigenvalue weighted by atomic mass is 10.1. The molecule has 0 fully saturated rings. The molecule has 1 aliphatic heterocycles. The smallest absolute Gasteiger partial charge is 0.318 e. The van der Waals surface area contributed by atoms with E-state index in [1.807, 2.05) is 0 Å². The van der Waals surface area contributed by atoms with Crippen LogP contribution in [0.3, 0.4) is 0 Å². The lowest BCUT2D eigenvalue weighted by Crippen LogP contribution is -2.35. The molecule has 0 aliphatic carbocycles. The first-order valence-corrected chi connectivity index (χ1v) is 6.63. The SMILES string of the molecule is O=C(O)C(CC1=NCCN1CCP(=O)=O)C(=O)O. The van der Waals surface area contributed by atoms with Crippen LogP contribution in [-0.4, -0.2) is 58.7 Å². The molecule has 0 radical (unpaired) electrons. The second-order valence-electron chi connectivity index (χ2n) is 3.77. The number of rotatable bonds is 7. The molecule has 0 bridgehead atoms. The van der Waals surface area contributed by atoms with Crippen molar-refractivity contribution in [2.45, 2.75) is 6.42 Å². The zero-order valence-corrected chi connectivity index (χ0v) is 10.4. The molecule has 0 saturated heterocycles. The molecule has 0 unspecified atom stereocenters. The van der Waals surface area contributed by atoms with Crippen molar-refractivity contribution >= 4 is 25.5 Å². The van der Waals surface area contributed by atoms with E-state index in [2.05, 4.69) is 4.99 Å². The van der Waals surface area contributed by atoms with E-state index in [9.17, 15) is 18.7 Å². The van der Waals surface area contributed by atoms with Gasteiger partial charge in [0.1, 0.15) is 5.84 Å². The van der Waals surface area contributed by atoms with Crippen molar-refractivity contribution in [3.63, 3.8) is 0 Å². The van der Waals surface area contributed by atoms with Crippen LogP contribution in [0.1, 0.15) is 6.42 Å². The summed E-state index contributed by atoms with van der Waals surface area (Å²) in [5, 5.41) is 17.5. The predicted molar refractivity (Wildman–Crippen MR) is 60.4 cm³/mol. The zero-order valence-electron chi connectivity index (χ0n) is 9.48. The zero-order chi connectivity index (χ0) is 13.7. The minimum atomic E-state index is -2.51. The predicted octanol–water partition coefficient (Wildman–Crippen LogP) is 0.0489. The van der Waals surface area contributed by atoms with Gasteiger partial charge in [0.25, 0.3) is 0 Å². The molecule has 0 saturated carbocycles. The third-order valence-electron chi connectivity index (χ3n) is 2.56. The Morgan fingerprint density at radius 2 is 1.94 bits per heavy atom. The number of carboxylic acid groups (broad SMARTS) is 2. The summed E-state index contributed by atoms with van der Waals surface area (Å²) in [6.45, 7) is 1.13. The molecule has 0 atom stereocenters. The van der Waals surface area contributed by atoms with Crippen LogP contribution in [0, 0.1) is 5.92 Å². The quantitative estimate of drug-likeness (QED) is 0.497. The largest absolute Gasteiger partial charge is 0.481 e. The normalized spacial score (nSPS) is 14.7. The van der Waals surface area contributed by atoms with Crippen molar-refractivity contribution in [1.82, 2.24) is 4.90 Å². The number of carbonyl (C=O) groups is 2. The highest BCUT2D eigenvalue weighted by atomic mass is 31.1. The second-order valence-corrected chi connectivity index (χ2v) is 4.89. The molecule has 18 heavy (non-hydrogen) atoms. The molecule has 1 rings (SSSR count). The molecule has 9 heteroatoms. The minimum absolute atomic E-state index is 0.0564. The fourth-order valence-electron chi connectivity index (χ4n) is 1.63. The van der Waals surface area contributed by atoms with E-state index in [0.29, 0.717) is 18.9 Å². The molecular weight excluding hydrogens is 263 g/mol. The van der Waals surface area contributed by atoms with Crippen molar-refractivity contribution in [2.75, 3.05) is 25.8 Å². The average molecular weight is 276 g/mol. The number of nitrogens with zero attached hydrogens (tertiary/aromatic N) is 2. The van der Waals surface area contributed by atoms with Gasteiger partial charge >= 0.3 is 19.6 Å². The van der Waals surface area contributed by atoms with Crippen LogP contribution in [0.25, 0.3) is 0 Å². The van der Waals surface area contributed by atoms with Crippen molar-refractivity contribution in [3.8, 4) is 0 Å². The molecule has 0 aromatic heterocycles. The van der Waals surface area contributed by atoms with Crippen molar-refractivity contribution < 1.29 is 28.9 Å². The van der Waals surface area contributed by atoms with E-state index >= 15 is 0 Å². The lowest BCUT2D eigenvalue weighted by Gasteiger charge is -2.19. The van der Waals surface area contributed by atoms with Crippen LogP contribution >= 0.6 is 7.68 Å². The van der Waals surface area contributed by atoms with E-state index < -0.39 is 25.5 Å². The maximum absolute atomic E-state index is 10.8. The second kappa shape index (κ2) is 6.30. The fourth-order valence-corrected chi connectivity index (χ4v) is 2.03. The van der Waals surface area contributed by atoms with E-state index in [1.165, 1.54) is 0 Å². The Kier molecular flexibility index (Phi) is 5.03. The first-order chi connectivity index (χ1) is 8.41. The van der Waals surface area contributed by atoms with Gasteiger partial charge in [-0.1, -0.05) is 0 Å². The van der Waals surface area contributed by atoms with Gasteiger partial charge in [0.15, 0.2) is 5.92 Å². The third-order valence-corrected chi connectivity index (χ3v) is 3.13. The number of aliphatic imine (C=N–C) groups is 1. The Labute approximate surface area is 103 Å². The lowest BCUT2D eigenvalue weighted by molar-refractivity contribution is -0.154. The molecule has 0 amide bonds. The maximum atomic E-state index is 10.8. The van der Waals surface area contributed by atoms with Gasteiger partial charge in [-0.25, -0.2) is 9.13 Å². The van der Waals surface area contributed by atoms with Crippen molar-refractivity contribution in [3.05, 3.63) is 0 Å². The molecule has 1 aliphatic rings. The van der Waals surface area contributed by atoms with E-state index in [4.69, 9.17) is 10.2 Å². The highest BCUT2D eigenvalue weighted by Crippen LogP contribution is 2.14. The van der Waals surface area contributed by atoms with Gasteiger partial charge in [-0.15, -0.1) is 0 Å². The summed E-state index contributed by atoms with van der Waals surface area (Å²) in [5.74, 6) is -4.05. The Bertz CT molecular complexity index is 422. The van der Waals surface area contributed by atoms with Crippen LogP contribution in [0.15, 0.2) is 4.99 Å². The van der Waals surface area contributed by atoms with Gasteiger partial charge in [0, 0.05) is 19.5 Å². The average Bonchev–Trinajstić information content (AvgIpc) is 2.69. The highest BCUT2D eigenvalue weighted by Gasteiger charge is 2.30. The number of hydrogen-bond acceptors (Lipinski definition) is 6. The Balaban J connectivity index is 2.64. The summed E-state index contributed by atoms with van der Waals surface area (Å²) < 4.78 is 21.0. The Morgan fingerprint density at radius 3 is 2.44 bits per heavy atom.